The molecule has 0 unspecified atom stereocenters. The van der Waals surface area contributed by atoms with E-state index in [9.17, 15) is 23.7 Å². The molecule has 0 saturated heterocycles. The van der Waals surface area contributed by atoms with E-state index in [4.69, 9.17) is 0 Å². The highest BCUT2D eigenvalue weighted by Gasteiger charge is 2.23. The minimum Gasteiger partial charge on any atom is -0.348 e. The normalized spacial score (nSPS) is 10.3. The molecule has 1 amide bonds. The number of amides is 1. The number of rotatable bonds is 4. The highest BCUT2D eigenvalue weighted by Crippen LogP contribution is 2.22. The highest BCUT2D eigenvalue weighted by atomic mass is 19.2. The first-order chi connectivity index (χ1) is 9.49. The molecule has 0 atom stereocenters. The van der Waals surface area contributed by atoms with E-state index in [-0.39, 0.29) is 6.54 Å². The number of benzene rings is 1. The predicted molar refractivity (Wildman–Crippen MR) is 62.8 cm³/mol. The fourth-order valence-electron chi connectivity index (χ4n) is 1.52. The molecule has 0 fully saturated rings. The van der Waals surface area contributed by atoms with Crippen molar-refractivity contribution in [2.24, 2.45) is 0 Å². The molecule has 2 rings (SSSR count). The van der Waals surface area contributed by atoms with Crippen LogP contribution < -0.4 is 5.32 Å². The van der Waals surface area contributed by atoms with Gasteiger partial charge in [0, 0.05) is 18.3 Å². The summed E-state index contributed by atoms with van der Waals surface area (Å²) in [4.78, 5) is 21.6. The first-order valence-electron chi connectivity index (χ1n) is 5.38. The number of nitrogens with one attached hydrogen (secondary N) is 2. The number of carbonyl (C=O) groups is 1. The second-order valence-corrected chi connectivity index (χ2v) is 3.83. The van der Waals surface area contributed by atoms with Crippen LogP contribution in [-0.2, 0) is 6.54 Å². The summed E-state index contributed by atoms with van der Waals surface area (Å²) in [6, 6.07) is 0.875. The first-order valence-corrected chi connectivity index (χ1v) is 5.38. The van der Waals surface area contributed by atoms with Crippen molar-refractivity contribution >= 4 is 11.6 Å². The number of H-pyrrole nitrogens is 1. The Kier molecular flexibility index (Phi) is 3.69. The number of aromatic nitrogens is 2. The number of halogens is 2. The maximum atomic E-state index is 13.1. The van der Waals surface area contributed by atoms with Crippen molar-refractivity contribution < 1.29 is 18.5 Å². The van der Waals surface area contributed by atoms with E-state index in [0.29, 0.717) is 17.7 Å². The molecule has 2 aromatic rings. The Morgan fingerprint density at radius 1 is 1.40 bits per heavy atom. The molecular weight excluding hydrogens is 274 g/mol. The Hall–Kier alpha value is -2.84. The van der Waals surface area contributed by atoms with Crippen LogP contribution in [0, 0.1) is 21.7 Å². The number of nitrogens with zero attached hydrogens (tertiary/aromatic N) is 2. The van der Waals surface area contributed by atoms with E-state index >= 15 is 0 Å². The minimum atomic E-state index is -1.39. The molecule has 1 heterocycles. The molecule has 0 saturated carbocycles. The molecule has 20 heavy (non-hydrogen) atoms. The topological polar surface area (TPSA) is 101 Å². The Balaban J connectivity index is 2.24. The van der Waals surface area contributed by atoms with Gasteiger partial charge in [0.2, 0.25) is 0 Å². The summed E-state index contributed by atoms with van der Waals surface area (Å²) in [7, 11) is 0. The van der Waals surface area contributed by atoms with E-state index in [2.05, 4.69) is 15.5 Å². The van der Waals surface area contributed by atoms with Crippen molar-refractivity contribution in [2.75, 3.05) is 0 Å². The second kappa shape index (κ2) is 5.43. The van der Waals surface area contributed by atoms with Crippen LogP contribution >= 0.6 is 0 Å². The summed E-state index contributed by atoms with van der Waals surface area (Å²) >= 11 is 0. The summed E-state index contributed by atoms with van der Waals surface area (Å²) in [5.74, 6) is -3.59. The molecule has 0 aliphatic rings. The molecule has 9 heteroatoms. The third kappa shape index (κ3) is 2.76. The molecule has 0 aliphatic heterocycles. The van der Waals surface area contributed by atoms with Crippen LogP contribution in [-0.4, -0.2) is 21.0 Å². The van der Waals surface area contributed by atoms with E-state index in [1.807, 2.05) is 0 Å². The molecule has 0 radical (unpaired) electrons. The fourth-order valence-corrected chi connectivity index (χ4v) is 1.52. The van der Waals surface area contributed by atoms with Gasteiger partial charge >= 0.3 is 0 Å². The molecule has 1 aromatic heterocycles. The Morgan fingerprint density at radius 3 is 2.70 bits per heavy atom. The van der Waals surface area contributed by atoms with E-state index in [0.717, 1.165) is 0 Å². The van der Waals surface area contributed by atoms with Crippen LogP contribution in [0.3, 0.4) is 0 Å². The van der Waals surface area contributed by atoms with E-state index < -0.39 is 33.7 Å². The lowest BCUT2D eigenvalue weighted by Crippen LogP contribution is -2.23. The van der Waals surface area contributed by atoms with Gasteiger partial charge in [-0.05, 0) is 6.07 Å². The number of nitro groups is 1. The van der Waals surface area contributed by atoms with Gasteiger partial charge in [0.05, 0.1) is 17.2 Å². The maximum absolute atomic E-state index is 13.1. The Bertz CT molecular complexity index is 658. The van der Waals surface area contributed by atoms with Gasteiger partial charge in [0.15, 0.2) is 11.6 Å². The van der Waals surface area contributed by atoms with E-state index in [1.54, 1.807) is 0 Å². The number of aromatic amines is 1. The van der Waals surface area contributed by atoms with Gasteiger partial charge in [-0.3, -0.25) is 20.0 Å². The molecule has 0 aliphatic carbocycles. The van der Waals surface area contributed by atoms with Crippen molar-refractivity contribution in [1.29, 1.82) is 0 Å². The van der Waals surface area contributed by atoms with Crippen LogP contribution in [0.25, 0.3) is 0 Å². The van der Waals surface area contributed by atoms with Crippen molar-refractivity contribution in [3.63, 3.8) is 0 Å². The zero-order chi connectivity index (χ0) is 14.7. The first kappa shape index (κ1) is 13.6. The zero-order valence-electron chi connectivity index (χ0n) is 9.89. The van der Waals surface area contributed by atoms with Crippen molar-refractivity contribution in [2.45, 2.75) is 6.54 Å². The lowest BCUT2D eigenvalue weighted by molar-refractivity contribution is -0.385. The van der Waals surface area contributed by atoms with Crippen molar-refractivity contribution in [1.82, 2.24) is 15.5 Å². The summed E-state index contributed by atoms with van der Waals surface area (Å²) in [5.41, 5.74) is -0.713. The lowest BCUT2D eigenvalue weighted by Gasteiger charge is -2.05. The quantitative estimate of drug-likeness (QED) is 0.655. The molecule has 7 nitrogen and oxygen atoms in total. The lowest BCUT2D eigenvalue weighted by atomic mass is 10.1. The number of hydrogen-bond acceptors (Lipinski definition) is 4. The largest absolute Gasteiger partial charge is 0.348 e. The maximum Gasteiger partial charge on any atom is 0.285 e. The summed E-state index contributed by atoms with van der Waals surface area (Å²) < 4.78 is 26.1. The van der Waals surface area contributed by atoms with E-state index in [1.165, 1.54) is 12.4 Å². The van der Waals surface area contributed by atoms with Crippen molar-refractivity contribution in [3.8, 4) is 0 Å². The molecule has 0 spiro atoms. The smallest absolute Gasteiger partial charge is 0.285 e. The zero-order valence-corrected chi connectivity index (χ0v) is 9.89. The molecular formula is C11H8F2N4O3. The average Bonchev–Trinajstić information content (AvgIpc) is 2.91. The van der Waals surface area contributed by atoms with Gasteiger partial charge in [-0.2, -0.15) is 5.10 Å². The SMILES string of the molecule is O=C(NCc1cn[nH]c1)c1cc(F)c(F)cc1[N+](=O)[O-]. The third-order valence-corrected chi connectivity index (χ3v) is 2.49. The average molecular weight is 282 g/mol. The van der Waals surface area contributed by atoms with Gasteiger partial charge in [-0.1, -0.05) is 0 Å². The summed E-state index contributed by atoms with van der Waals surface area (Å²) in [6.07, 6.45) is 2.96. The van der Waals surface area contributed by atoms with Crippen molar-refractivity contribution in [3.05, 3.63) is 57.4 Å². The van der Waals surface area contributed by atoms with Crippen LogP contribution in [0.5, 0.6) is 0 Å². The summed E-state index contributed by atoms with van der Waals surface area (Å²) in [6.45, 7) is 0.0471. The number of nitro benzene ring substituents is 1. The van der Waals surface area contributed by atoms with Crippen LogP contribution in [0.2, 0.25) is 0 Å². The molecule has 2 N–H and O–H groups in total. The highest BCUT2D eigenvalue weighted by molar-refractivity contribution is 5.98. The summed E-state index contributed by atoms with van der Waals surface area (Å²) in [5, 5.41) is 19.3. The van der Waals surface area contributed by atoms with Gasteiger partial charge in [-0.25, -0.2) is 8.78 Å². The number of hydrogen-bond donors (Lipinski definition) is 2. The van der Waals surface area contributed by atoms with Gasteiger partial charge in [0.1, 0.15) is 5.56 Å². The van der Waals surface area contributed by atoms with Gasteiger partial charge < -0.3 is 5.32 Å². The third-order valence-electron chi connectivity index (χ3n) is 2.49. The number of carbonyl (C=O) groups excluding carboxylic acids is 1. The second-order valence-electron chi connectivity index (χ2n) is 3.83. The Morgan fingerprint density at radius 2 is 2.10 bits per heavy atom. The van der Waals surface area contributed by atoms with Gasteiger partial charge in [0.25, 0.3) is 11.6 Å². The van der Waals surface area contributed by atoms with Crippen LogP contribution in [0.1, 0.15) is 15.9 Å². The Labute approximate surface area is 110 Å². The predicted octanol–water partition coefficient (Wildman–Crippen LogP) is 1.53. The van der Waals surface area contributed by atoms with Crippen LogP contribution in [0.4, 0.5) is 14.5 Å². The standard InChI is InChI=1S/C11H8F2N4O3/c12-8-1-7(10(17(19)20)2-9(8)13)11(18)14-3-6-4-15-16-5-6/h1-2,4-5H,3H2,(H,14,18)(H,15,16). The fraction of sp³-hybridized carbons (Fsp3) is 0.0909. The molecule has 1 aromatic carbocycles. The monoisotopic (exact) mass is 282 g/mol. The molecule has 104 valence electrons. The van der Waals surface area contributed by atoms with Crippen LogP contribution in [0.15, 0.2) is 24.5 Å². The van der Waals surface area contributed by atoms with Gasteiger partial charge in [-0.15, -0.1) is 0 Å². The minimum absolute atomic E-state index is 0.0471. The molecule has 0 bridgehead atoms.